The number of methoxy groups -OCH3 is 1. The maximum absolute atomic E-state index is 12.7. The fourth-order valence-electron chi connectivity index (χ4n) is 3.98. The van der Waals surface area contributed by atoms with Crippen LogP contribution in [0.4, 0.5) is 13.2 Å². The number of aromatic nitrogens is 1. The molecule has 1 aromatic heterocycles. The number of halogens is 4. The van der Waals surface area contributed by atoms with Gasteiger partial charge in [-0.15, -0.1) is 13.2 Å². The molecule has 0 N–H and O–H groups in total. The van der Waals surface area contributed by atoms with E-state index < -0.39 is 6.36 Å². The molecule has 3 aromatic carbocycles. The highest BCUT2D eigenvalue weighted by Crippen LogP contribution is 2.42. The van der Waals surface area contributed by atoms with Gasteiger partial charge in [-0.1, -0.05) is 37.1 Å². The highest BCUT2D eigenvalue weighted by Gasteiger charge is 2.31. The Labute approximate surface area is 228 Å². The van der Waals surface area contributed by atoms with Gasteiger partial charge in [-0.05, 0) is 61.4 Å². The number of esters is 1. The Morgan fingerprint density at radius 3 is 2.18 bits per heavy atom. The smallest absolute Gasteiger partial charge is 0.495 e. The predicted molar refractivity (Wildman–Crippen MR) is 142 cm³/mol. The van der Waals surface area contributed by atoms with Crippen molar-refractivity contribution >= 4 is 28.5 Å². The Morgan fingerprint density at radius 1 is 0.974 bits per heavy atom. The highest BCUT2D eigenvalue weighted by atomic mass is 35.5. The number of aryl methyl sites for hydroxylation is 1. The molecule has 4 aromatic rings. The van der Waals surface area contributed by atoms with Gasteiger partial charge in [-0.2, -0.15) is 0 Å². The van der Waals surface area contributed by atoms with E-state index in [4.69, 9.17) is 30.8 Å². The normalized spacial score (nSPS) is 11.4. The molecule has 0 aliphatic carbocycles. The van der Waals surface area contributed by atoms with Crippen LogP contribution in [0.1, 0.15) is 31.9 Å². The molecule has 0 unspecified atom stereocenters. The van der Waals surface area contributed by atoms with Crippen LogP contribution in [-0.4, -0.2) is 24.4 Å². The molecular weight excluding hydrogens is 535 g/mol. The summed E-state index contributed by atoms with van der Waals surface area (Å²) in [6.07, 6.45) is -2.96. The summed E-state index contributed by atoms with van der Waals surface area (Å²) in [5.74, 6) is 0.862. The van der Waals surface area contributed by atoms with Crippen molar-refractivity contribution in [1.82, 2.24) is 4.98 Å². The van der Waals surface area contributed by atoms with Crippen molar-refractivity contribution in [2.24, 2.45) is 0 Å². The summed E-state index contributed by atoms with van der Waals surface area (Å²) in [6, 6.07) is 15.4. The molecule has 0 aliphatic heterocycles. The second kappa shape index (κ2) is 11.8. The summed E-state index contributed by atoms with van der Waals surface area (Å²) in [5.41, 5.74) is 2.52. The third-order valence-electron chi connectivity index (χ3n) is 5.78. The van der Waals surface area contributed by atoms with Gasteiger partial charge in [-0.25, -0.2) is 0 Å². The monoisotopic (exact) mass is 559 g/mol. The van der Waals surface area contributed by atoms with Crippen LogP contribution in [0.5, 0.6) is 28.7 Å². The SMILES string of the molecule is CCCCC(=O)Oc1c(-c2ccc(Oc3ccc(OC(F)(F)F)cc3)cc2)c(C)nc2cc(OC)c(Cl)cc12. The number of nitrogens with zero attached hydrogens (tertiary/aromatic N) is 1. The highest BCUT2D eigenvalue weighted by molar-refractivity contribution is 6.33. The fourth-order valence-corrected chi connectivity index (χ4v) is 4.22. The van der Waals surface area contributed by atoms with Gasteiger partial charge in [0.2, 0.25) is 0 Å². The zero-order chi connectivity index (χ0) is 28.2. The third-order valence-corrected chi connectivity index (χ3v) is 6.07. The van der Waals surface area contributed by atoms with Crippen LogP contribution in [0.2, 0.25) is 5.02 Å². The average Bonchev–Trinajstić information content (AvgIpc) is 2.88. The third kappa shape index (κ3) is 6.92. The minimum Gasteiger partial charge on any atom is -0.495 e. The van der Waals surface area contributed by atoms with Crippen molar-refractivity contribution < 1.29 is 36.9 Å². The van der Waals surface area contributed by atoms with Crippen LogP contribution in [0.15, 0.2) is 60.7 Å². The maximum Gasteiger partial charge on any atom is 0.573 e. The molecule has 4 rings (SSSR count). The summed E-state index contributed by atoms with van der Waals surface area (Å²) in [6.45, 7) is 3.80. The van der Waals surface area contributed by atoms with Crippen molar-refractivity contribution in [2.45, 2.75) is 39.5 Å². The van der Waals surface area contributed by atoms with Gasteiger partial charge < -0.3 is 18.9 Å². The van der Waals surface area contributed by atoms with E-state index in [-0.39, 0.29) is 18.1 Å². The van der Waals surface area contributed by atoms with Gasteiger partial charge in [0, 0.05) is 29.1 Å². The van der Waals surface area contributed by atoms with E-state index in [0.29, 0.717) is 62.2 Å². The largest absolute Gasteiger partial charge is 0.573 e. The second-order valence-corrected chi connectivity index (χ2v) is 9.04. The molecule has 0 spiro atoms. The van der Waals surface area contributed by atoms with Crippen LogP contribution < -0.4 is 18.9 Å². The minimum atomic E-state index is -4.77. The van der Waals surface area contributed by atoms with E-state index in [1.165, 1.54) is 31.4 Å². The lowest BCUT2D eigenvalue weighted by Crippen LogP contribution is -2.16. The van der Waals surface area contributed by atoms with Gasteiger partial charge in [0.25, 0.3) is 0 Å². The number of carbonyl (C=O) groups excluding carboxylic acids is 1. The number of unbranched alkanes of at least 4 members (excludes halogenated alkanes) is 1. The number of hydrogen-bond donors (Lipinski definition) is 0. The van der Waals surface area contributed by atoms with E-state index in [2.05, 4.69) is 4.74 Å². The average molecular weight is 560 g/mol. The van der Waals surface area contributed by atoms with Crippen LogP contribution in [0.25, 0.3) is 22.0 Å². The summed E-state index contributed by atoms with van der Waals surface area (Å²) in [5, 5.41) is 0.913. The van der Waals surface area contributed by atoms with Gasteiger partial charge in [0.15, 0.2) is 0 Å². The van der Waals surface area contributed by atoms with Crippen LogP contribution in [0.3, 0.4) is 0 Å². The van der Waals surface area contributed by atoms with E-state index in [0.717, 1.165) is 6.42 Å². The zero-order valence-corrected chi connectivity index (χ0v) is 22.2. The summed E-state index contributed by atoms with van der Waals surface area (Å²) < 4.78 is 58.0. The zero-order valence-electron chi connectivity index (χ0n) is 21.4. The van der Waals surface area contributed by atoms with E-state index >= 15 is 0 Å². The van der Waals surface area contributed by atoms with Gasteiger partial charge in [0.05, 0.1) is 17.6 Å². The van der Waals surface area contributed by atoms with Crippen molar-refractivity contribution in [1.29, 1.82) is 0 Å². The first-order valence-corrected chi connectivity index (χ1v) is 12.5. The molecule has 39 heavy (non-hydrogen) atoms. The number of ether oxygens (including phenoxy) is 4. The lowest BCUT2D eigenvalue weighted by Gasteiger charge is -2.17. The molecule has 0 amide bonds. The number of fused-ring (bicyclic) bond motifs is 1. The number of rotatable bonds is 9. The second-order valence-electron chi connectivity index (χ2n) is 8.63. The lowest BCUT2D eigenvalue weighted by atomic mass is 10.00. The first kappa shape index (κ1) is 28.0. The number of alkyl halides is 3. The molecule has 0 aliphatic rings. The fraction of sp³-hybridized carbons (Fsp3) is 0.241. The summed E-state index contributed by atoms with van der Waals surface area (Å²) >= 11 is 6.40. The molecule has 0 fully saturated rings. The molecular formula is C29H25ClF3NO5. The molecule has 0 radical (unpaired) electrons. The molecule has 6 nitrogen and oxygen atoms in total. The molecule has 0 saturated heterocycles. The Hall–Kier alpha value is -3.98. The Kier molecular flexibility index (Phi) is 8.50. The molecule has 10 heteroatoms. The molecule has 1 heterocycles. The number of pyridine rings is 1. The quantitative estimate of drug-likeness (QED) is 0.191. The Balaban J connectivity index is 1.68. The maximum atomic E-state index is 12.7. The molecule has 204 valence electrons. The van der Waals surface area contributed by atoms with Gasteiger partial charge >= 0.3 is 12.3 Å². The number of benzene rings is 3. The lowest BCUT2D eigenvalue weighted by molar-refractivity contribution is -0.274. The van der Waals surface area contributed by atoms with Crippen LogP contribution in [-0.2, 0) is 4.79 Å². The topological polar surface area (TPSA) is 66.9 Å². The summed E-state index contributed by atoms with van der Waals surface area (Å²) in [4.78, 5) is 17.4. The van der Waals surface area contributed by atoms with E-state index in [1.807, 2.05) is 13.8 Å². The predicted octanol–water partition coefficient (Wildman–Crippen LogP) is 8.66. The Bertz CT molecular complexity index is 1470. The van der Waals surface area contributed by atoms with Crippen LogP contribution in [0, 0.1) is 6.92 Å². The minimum absolute atomic E-state index is 0.266. The molecule has 0 atom stereocenters. The van der Waals surface area contributed by atoms with Gasteiger partial charge in [0.1, 0.15) is 28.7 Å². The summed E-state index contributed by atoms with van der Waals surface area (Å²) in [7, 11) is 1.51. The van der Waals surface area contributed by atoms with Crippen molar-refractivity contribution in [3.05, 3.63) is 71.4 Å². The van der Waals surface area contributed by atoms with E-state index in [9.17, 15) is 18.0 Å². The Morgan fingerprint density at radius 2 is 1.59 bits per heavy atom. The van der Waals surface area contributed by atoms with Crippen molar-refractivity contribution in [3.8, 4) is 39.9 Å². The van der Waals surface area contributed by atoms with Crippen molar-refractivity contribution in [3.63, 3.8) is 0 Å². The number of carbonyl (C=O) groups is 1. The van der Waals surface area contributed by atoms with Crippen LogP contribution >= 0.6 is 11.6 Å². The van der Waals surface area contributed by atoms with Crippen molar-refractivity contribution in [2.75, 3.05) is 7.11 Å². The first-order valence-electron chi connectivity index (χ1n) is 12.1. The molecule has 0 bridgehead atoms. The number of hydrogen-bond acceptors (Lipinski definition) is 6. The van der Waals surface area contributed by atoms with Gasteiger partial charge in [-0.3, -0.25) is 9.78 Å². The molecule has 0 saturated carbocycles. The first-order chi connectivity index (χ1) is 18.6. The standard InChI is InChI=1S/C29H25ClF3NO5/c1-4-5-6-26(35)38-28-22-15-23(30)25(36-3)16-24(22)34-17(2)27(28)18-7-9-19(10-8-18)37-20-11-13-21(14-12-20)39-29(31,32)33/h7-16H,4-6H2,1-3H3. The van der Waals surface area contributed by atoms with E-state index in [1.54, 1.807) is 36.4 Å².